The number of hydrogen-bond acceptors (Lipinski definition) is 5. The van der Waals surface area contributed by atoms with E-state index in [1.807, 2.05) is 0 Å². The summed E-state index contributed by atoms with van der Waals surface area (Å²) < 4.78 is 27.2. The fourth-order valence-corrected chi connectivity index (χ4v) is 4.79. The van der Waals surface area contributed by atoms with E-state index in [0.717, 1.165) is 12.8 Å². The first-order valence-electron chi connectivity index (χ1n) is 7.24. The molecule has 0 bridgehead atoms. The zero-order chi connectivity index (χ0) is 16.5. The van der Waals surface area contributed by atoms with E-state index in [4.69, 9.17) is 5.73 Å². The molecule has 1 fully saturated rings. The smallest absolute Gasteiger partial charge is 0.269 e. The van der Waals surface area contributed by atoms with Crippen molar-refractivity contribution in [2.75, 3.05) is 13.1 Å². The SMILES string of the molecule is Cc1cc([N+](=O)[O-])ccc1S(=O)(=O)N1CCC(C)CC1CN.Cl. The third kappa shape index (κ3) is 4.00. The number of rotatable bonds is 4. The highest BCUT2D eigenvalue weighted by Crippen LogP contribution is 2.30. The highest BCUT2D eigenvalue weighted by atomic mass is 35.5. The second-order valence-corrected chi connectivity index (χ2v) is 7.70. The molecule has 2 N–H and O–H groups in total. The molecule has 2 unspecified atom stereocenters. The standard InChI is InChI=1S/C14H21N3O4S.ClH/c1-10-5-6-16(13(7-10)9-15)22(20,21)14-4-3-12(17(18)19)8-11(14)2;/h3-4,8,10,13H,5-7,9,15H2,1-2H3;1H. The van der Waals surface area contributed by atoms with E-state index < -0.39 is 14.9 Å². The maximum absolute atomic E-state index is 12.9. The number of nitro benzene ring substituents is 1. The van der Waals surface area contributed by atoms with Crippen molar-refractivity contribution >= 4 is 28.1 Å². The monoisotopic (exact) mass is 363 g/mol. The number of hydrogen-bond donors (Lipinski definition) is 1. The summed E-state index contributed by atoms with van der Waals surface area (Å²) in [6.45, 7) is 4.37. The minimum atomic E-state index is -3.69. The molecule has 1 aromatic rings. The average Bonchev–Trinajstić information content (AvgIpc) is 2.46. The van der Waals surface area contributed by atoms with Gasteiger partial charge in [0.15, 0.2) is 0 Å². The van der Waals surface area contributed by atoms with Crippen molar-refractivity contribution in [2.45, 2.75) is 37.6 Å². The van der Waals surface area contributed by atoms with Crippen molar-refractivity contribution in [3.05, 3.63) is 33.9 Å². The molecule has 1 heterocycles. The number of nitro groups is 1. The van der Waals surface area contributed by atoms with Crippen molar-refractivity contribution in [2.24, 2.45) is 11.7 Å². The van der Waals surface area contributed by atoms with Crippen molar-refractivity contribution < 1.29 is 13.3 Å². The number of nitrogens with zero attached hydrogens (tertiary/aromatic N) is 2. The lowest BCUT2D eigenvalue weighted by Crippen LogP contribution is -2.49. The van der Waals surface area contributed by atoms with Gasteiger partial charge in [-0.15, -0.1) is 12.4 Å². The first kappa shape index (κ1) is 19.8. The van der Waals surface area contributed by atoms with Gasteiger partial charge in [-0.25, -0.2) is 8.42 Å². The zero-order valence-electron chi connectivity index (χ0n) is 13.1. The van der Waals surface area contributed by atoms with Crippen molar-refractivity contribution in [1.82, 2.24) is 4.31 Å². The molecule has 0 aromatic heterocycles. The molecule has 23 heavy (non-hydrogen) atoms. The van der Waals surface area contributed by atoms with E-state index in [9.17, 15) is 18.5 Å². The molecule has 2 atom stereocenters. The van der Waals surface area contributed by atoms with Gasteiger partial charge >= 0.3 is 0 Å². The molecular formula is C14H22ClN3O4S. The Morgan fingerprint density at radius 3 is 2.61 bits per heavy atom. The molecule has 0 amide bonds. The Kier molecular flexibility index (Phi) is 6.52. The normalized spacial score (nSPS) is 22.4. The molecular weight excluding hydrogens is 342 g/mol. The molecule has 130 valence electrons. The zero-order valence-corrected chi connectivity index (χ0v) is 14.8. The summed E-state index contributed by atoms with van der Waals surface area (Å²) in [5, 5.41) is 10.8. The van der Waals surface area contributed by atoms with Crippen LogP contribution in [0.25, 0.3) is 0 Å². The molecule has 0 saturated carbocycles. The minimum Gasteiger partial charge on any atom is -0.329 e. The maximum atomic E-state index is 12.9. The van der Waals surface area contributed by atoms with E-state index in [1.165, 1.54) is 22.5 Å². The van der Waals surface area contributed by atoms with Gasteiger partial charge in [-0.05, 0) is 37.3 Å². The Morgan fingerprint density at radius 2 is 2.09 bits per heavy atom. The highest BCUT2D eigenvalue weighted by Gasteiger charge is 2.35. The fraction of sp³-hybridized carbons (Fsp3) is 0.571. The van der Waals surface area contributed by atoms with Crippen LogP contribution < -0.4 is 5.73 Å². The summed E-state index contributed by atoms with van der Waals surface area (Å²) >= 11 is 0. The van der Waals surface area contributed by atoms with Gasteiger partial charge in [0.1, 0.15) is 0 Å². The number of benzene rings is 1. The molecule has 7 nitrogen and oxygen atoms in total. The van der Waals surface area contributed by atoms with E-state index in [2.05, 4.69) is 6.92 Å². The summed E-state index contributed by atoms with van der Waals surface area (Å²) in [7, 11) is -3.69. The third-order valence-corrected chi connectivity index (χ3v) is 6.26. The molecule has 0 radical (unpaired) electrons. The molecule has 1 aliphatic rings. The Balaban J connectivity index is 0.00000264. The number of halogens is 1. The van der Waals surface area contributed by atoms with Crippen LogP contribution in [-0.4, -0.2) is 36.8 Å². The lowest BCUT2D eigenvalue weighted by molar-refractivity contribution is -0.385. The van der Waals surface area contributed by atoms with Crippen LogP contribution in [0.3, 0.4) is 0 Å². The van der Waals surface area contributed by atoms with Crippen LogP contribution in [0.4, 0.5) is 5.69 Å². The summed E-state index contributed by atoms with van der Waals surface area (Å²) in [6.07, 6.45) is 1.53. The predicted molar refractivity (Wildman–Crippen MR) is 90.2 cm³/mol. The van der Waals surface area contributed by atoms with Crippen LogP contribution >= 0.6 is 12.4 Å². The van der Waals surface area contributed by atoms with Crippen LogP contribution in [-0.2, 0) is 10.0 Å². The van der Waals surface area contributed by atoms with Crippen LogP contribution in [0.1, 0.15) is 25.3 Å². The largest absolute Gasteiger partial charge is 0.329 e. The Bertz CT molecular complexity index is 681. The number of aryl methyl sites for hydroxylation is 1. The highest BCUT2D eigenvalue weighted by molar-refractivity contribution is 7.89. The van der Waals surface area contributed by atoms with Gasteiger partial charge in [-0.2, -0.15) is 4.31 Å². The molecule has 1 saturated heterocycles. The Labute approximate surface area is 142 Å². The molecule has 1 aliphatic heterocycles. The number of nitrogens with two attached hydrogens (primary N) is 1. The first-order valence-corrected chi connectivity index (χ1v) is 8.68. The van der Waals surface area contributed by atoms with Crippen molar-refractivity contribution in [3.63, 3.8) is 0 Å². The maximum Gasteiger partial charge on any atom is 0.269 e. The van der Waals surface area contributed by atoms with Gasteiger partial charge in [0.25, 0.3) is 5.69 Å². The summed E-state index contributed by atoms with van der Waals surface area (Å²) in [4.78, 5) is 10.4. The van der Waals surface area contributed by atoms with Crippen molar-refractivity contribution in [3.8, 4) is 0 Å². The number of piperidine rings is 1. The van der Waals surface area contributed by atoms with Crippen LogP contribution in [0.5, 0.6) is 0 Å². The molecule has 2 rings (SSSR count). The number of non-ortho nitro benzene ring substituents is 1. The second-order valence-electron chi connectivity index (χ2n) is 5.84. The van der Waals surface area contributed by atoms with E-state index in [0.29, 0.717) is 18.0 Å². The van der Waals surface area contributed by atoms with E-state index >= 15 is 0 Å². The first-order chi connectivity index (χ1) is 10.3. The van der Waals surface area contributed by atoms with Crippen LogP contribution in [0, 0.1) is 23.0 Å². The van der Waals surface area contributed by atoms with Gasteiger partial charge < -0.3 is 5.73 Å². The van der Waals surface area contributed by atoms with Gasteiger partial charge in [0, 0.05) is 31.3 Å². The Hall–Kier alpha value is -1.22. The average molecular weight is 364 g/mol. The lowest BCUT2D eigenvalue weighted by Gasteiger charge is -2.37. The topological polar surface area (TPSA) is 107 Å². The van der Waals surface area contributed by atoms with Gasteiger partial charge in [0.05, 0.1) is 9.82 Å². The Morgan fingerprint density at radius 1 is 1.43 bits per heavy atom. The molecule has 9 heteroatoms. The van der Waals surface area contributed by atoms with Crippen molar-refractivity contribution in [1.29, 1.82) is 0 Å². The third-order valence-electron chi connectivity index (χ3n) is 4.15. The molecule has 0 aliphatic carbocycles. The van der Waals surface area contributed by atoms with E-state index in [-0.39, 0.29) is 35.6 Å². The van der Waals surface area contributed by atoms with Gasteiger partial charge in [-0.3, -0.25) is 10.1 Å². The quantitative estimate of drug-likeness (QED) is 0.651. The molecule has 1 aromatic carbocycles. The van der Waals surface area contributed by atoms with E-state index in [1.54, 1.807) is 6.92 Å². The molecule has 0 spiro atoms. The van der Waals surface area contributed by atoms with Gasteiger partial charge in [-0.1, -0.05) is 6.92 Å². The second kappa shape index (κ2) is 7.57. The summed E-state index contributed by atoms with van der Waals surface area (Å²) in [6, 6.07) is 3.61. The number of sulfonamides is 1. The van der Waals surface area contributed by atoms with Crippen LogP contribution in [0.2, 0.25) is 0 Å². The minimum absolute atomic E-state index is 0. The lowest BCUT2D eigenvalue weighted by atomic mass is 9.94. The van der Waals surface area contributed by atoms with Gasteiger partial charge in [0.2, 0.25) is 10.0 Å². The summed E-state index contributed by atoms with van der Waals surface area (Å²) in [5.41, 5.74) is 6.00. The fourth-order valence-electron chi connectivity index (χ4n) is 2.92. The summed E-state index contributed by atoms with van der Waals surface area (Å²) in [5.74, 6) is 0.443. The van der Waals surface area contributed by atoms with Crippen LogP contribution in [0.15, 0.2) is 23.1 Å². The predicted octanol–water partition coefficient (Wildman–Crippen LogP) is 2.07.